The first kappa shape index (κ1) is 13.5. The number of nitriles is 1. The Bertz CT molecular complexity index is 888. The molecule has 0 aliphatic carbocycles. The average molecular weight is 295 g/mol. The van der Waals surface area contributed by atoms with Crippen molar-refractivity contribution >= 4 is 16.3 Å². The van der Waals surface area contributed by atoms with E-state index in [2.05, 4.69) is 4.98 Å². The Hall–Kier alpha value is -2.45. The van der Waals surface area contributed by atoms with Crippen LogP contribution >= 0.6 is 11.3 Å². The van der Waals surface area contributed by atoms with Gasteiger partial charge in [-0.15, -0.1) is 11.3 Å². The average Bonchev–Trinajstić information content (AvgIpc) is 2.92. The van der Waals surface area contributed by atoms with Crippen molar-refractivity contribution in [2.45, 2.75) is 19.8 Å². The van der Waals surface area contributed by atoms with E-state index in [-0.39, 0.29) is 5.56 Å². The van der Waals surface area contributed by atoms with Crippen LogP contribution in [0.15, 0.2) is 40.5 Å². The van der Waals surface area contributed by atoms with Crippen molar-refractivity contribution in [1.29, 1.82) is 5.26 Å². The van der Waals surface area contributed by atoms with Gasteiger partial charge < -0.3 is 0 Å². The minimum Gasteiger partial charge on any atom is -0.287 e. The van der Waals surface area contributed by atoms with Gasteiger partial charge in [-0.2, -0.15) is 10.2 Å². The first-order chi connectivity index (χ1) is 10.3. The summed E-state index contributed by atoms with van der Waals surface area (Å²) in [5.74, 6) is 0. The third-order valence-electron chi connectivity index (χ3n) is 3.35. The van der Waals surface area contributed by atoms with Crippen LogP contribution in [0.5, 0.6) is 0 Å². The van der Waals surface area contributed by atoms with E-state index in [4.69, 9.17) is 0 Å². The smallest absolute Gasteiger partial charge is 0.287 e. The summed E-state index contributed by atoms with van der Waals surface area (Å²) in [4.78, 5) is 16.6. The lowest BCUT2D eigenvalue weighted by atomic mass is 10.1. The molecule has 0 aliphatic rings. The van der Waals surface area contributed by atoms with Gasteiger partial charge in [0.15, 0.2) is 4.96 Å². The van der Waals surface area contributed by atoms with Gasteiger partial charge in [-0.05, 0) is 12.0 Å². The number of thiazole rings is 1. The summed E-state index contributed by atoms with van der Waals surface area (Å²) in [7, 11) is 0. The molecule has 0 unspecified atom stereocenters. The van der Waals surface area contributed by atoms with Crippen LogP contribution in [-0.4, -0.2) is 9.38 Å². The highest BCUT2D eigenvalue weighted by molar-refractivity contribution is 7.15. The molecule has 21 heavy (non-hydrogen) atoms. The number of nitrogens with zero attached hydrogens (tertiary/aromatic N) is 3. The predicted molar refractivity (Wildman–Crippen MR) is 83.5 cm³/mol. The second kappa shape index (κ2) is 5.51. The summed E-state index contributed by atoms with van der Waals surface area (Å²) in [6.07, 6.45) is 1.54. The number of hydrogen-bond donors (Lipinski definition) is 0. The Labute approximate surface area is 125 Å². The van der Waals surface area contributed by atoms with Crippen LogP contribution in [0.4, 0.5) is 0 Å². The Balaban J connectivity index is 2.40. The van der Waals surface area contributed by atoms with Crippen LogP contribution in [-0.2, 0) is 6.42 Å². The number of benzene rings is 1. The first-order valence-electron chi connectivity index (χ1n) is 6.75. The zero-order valence-corrected chi connectivity index (χ0v) is 12.4. The zero-order valence-electron chi connectivity index (χ0n) is 11.5. The van der Waals surface area contributed by atoms with Gasteiger partial charge >= 0.3 is 0 Å². The van der Waals surface area contributed by atoms with Crippen molar-refractivity contribution in [3.63, 3.8) is 0 Å². The molecular weight excluding hydrogens is 282 g/mol. The van der Waals surface area contributed by atoms with Crippen molar-refractivity contribution < 1.29 is 0 Å². The molecule has 3 rings (SSSR count). The summed E-state index contributed by atoms with van der Waals surface area (Å²) in [5.41, 5.74) is 2.51. The molecular formula is C16H13N3OS. The highest BCUT2D eigenvalue weighted by Crippen LogP contribution is 2.27. The summed E-state index contributed by atoms with van der Waals surface area (Å²) < 4.78 is 1.95. The Morgan fingerprint density at radius 3 is 2.76 bits per heavy atom. The lowest BCUT2D eigenvalue weighted by Crippen LogP contribution is -2.17. The van der Waals surface area contributed by atoms with Crippen molar-refractivity contribution in [2.75, 3.05) is 0 Å². The number of aryl methyl sites for hydroxylation is 1. The van der Waals surface area contributed by atoms with Crippen LogP contribution in [0.2, 0.25) is 0 Å². The molecule has 0 N–H and O–H groups in total. The monoisotopic (exact) mass is 295 g/mol. The van der Waals surface area contributed by atoms with Crippen LogP contribution < -0.4 is 5.56 Å². The normalized spacial score (nSPS) is 10.7. The van der Waals surface area contributed by atoms with Gasteiger partial charge in [0.1, 0.15) is 11.6 Å². The molecule has 2 heterocycles. The van der Waals surface area contributed by atoms with E-state index in [1.54, 1.807) is 0 Å². The molecule has 104 valence electrons. The van der Waals surface area contributed by atoms with E-state index in [9.17, 15) is 10.1 Å². The largest absolute Gasteiger partial charge is 0.292 e. The number of rotatable bonds is 3. The van der Waals surface area contributed by atoms with Crippen molar-refractivity contribution in [1.82, 2.24) is 9.38 Å². The molecule has 0 bridgehead atoms. The third kappa shape index (κ3) is 2.24. The molecule has 4 nitrogen and oxygen atoms in total. The lowest BCUT2D eigenvalue weighted by molar-refractivity contribution is 0.846. The van der Waals surface area contributed by atoms with Crippen LogP contribution in [0.25, 0.3) is 16.2 Å². The molecule has 2 aromatic heterocycles. The first-order valence-corrected chi connectivity index (χ1v) is 7.63. The van der Waals surface area contributed by atoms with Gasteiger partial charge in [-0.3, -0.25) is 9.20 Å². The van der Waals surface area contributed by atoms with E-state index < -0.39 is 5.56 Å². The van der Waals surface area contributed by atoms with Gasteiger partial charge in [0.2, 0.25) is 0 Å². The van der Waals surface area contributed by atoms with E-state index >= 15 is 0 Å². The molecule has 0 radical (unpaired) electrons. The molecule has 0 saturated carbocycles. The Morgan fingerprint density at radius 2 is 2.10 bits per heavy atom. The lowest BCUT2D eigenvalue weighted by Gasteiger charge is -2.09. The number of aromatic nitrogens is 2. The molecule has 0 aliphatic heterocycles. The zero-order chi connectivity index (χ0) is 14.8. The minimum atomic E-state index is -0.428. The van der Waals surface area contributed by atoms with Crippen molar-refractivity contribution in [3.05, 3.63) is 57.3 Å². The highest BCUT2D eigenvalue weighted by atomic mass is 32.1. The SMILES string of the molecule is CCCc1c(C#N)c(=O)nc2scc(-c3ccccc3)n12. The highest BCUT2D eigenvalue weighted by Gasteiger charge is 2.16. The van der Waals surface area contributed by atoms with Crippen LogP contribution in [0.1, 0.15) is 24.6 Å². The minimum absolute atomic E-state index is 0.157. The number of fused-ring (bicyclic) bond motifs is 1. The van der Waals surface area contributed by atoms with Crippen LogP contribution in [0.3, 0.4) is 0 Å². The molecule has 0 spiro atoms. The van der Waals surface area contributed by atoms with Crippen LogP contribution in [0, 0.1) is 11.3 Å². The third-order valence-corrected chi connectivity index (χ3v) is 4.17. The summed E-state index contributed by atoms with van der Waals surface area (Å²) in [5, 5.41) is 11.3. The Morgan fingerprint density at radius 1 is 1.33 bits per heavy atom. The van der Waals surface area contributed by atoms with Gasteiger partial charge in [0, 0.05) is 11.1 Å². The fraction of sp³-hybridized carbons (Fsp3) is 0.188. The topological polar surface area (TPSA) is 58.2 Å². The van der Waals surface area contributed by atoms with E-state index in [1.165, 1.54) is 11.3 Å². The predicted octanol–water partition coefficient (Wildman–Crippen LogP) is 3.25. The fourth-order valence-electron chi connectivity index (χ4n) is 2.42. The molecule has 0 fully saturated rings. The molecule has 1 aromatic carbocycles. The molecule has 0 saturated heterocycles. The summed E-state index contributed by atoms with van der Waals surface area (Å²) in [6.45, 7) is 2.03. The van der Waals surface area contributed by atoms with Gasteiger partial charge in [-0.25, -0.2) is 0 Å². The second-order valence-corrected chi connectivity index (χ2v) is 5.54. The molecule has 0 amide bonds. The summed E-state index contributed by atoms with van der Waals surface area (Å²) in [6, 6.07) is 12.0. The summed E-state index contributed by atoms with van der Waals surface area (Å²) >= 11 is 1.42. The fourth-order valence-corrected chi connectivity index (χ4v) is 3.33. The maximum absolute atomic E-state index is 12.0. The van der Waals surface area contributed by atoms with Gasteiger partial charge in [0.05, 0.1) is 5.69 Å². The maximum Gasteiger partial charge on any atom is 0.292 e. The van der Waals surface area contributed by atoms with Gasteiger partial charge in [0.25, 0.3) is 5.56 Å². The Kier molecular flexibility index (Phi) is 3.55. The maximum atomic E-state index is 12.0. The van der Waals surface area contributed by atoms with Crippen molar-refractivity contribution in [3.8, 4) is 17.3 Å². The van der Waals surface area contributed by atoms with Crippen molar-refractivity contribution in [2.24, 2.45) is 0 Å². The quantitative estimate of drug-likeness (QED) is 0.745. The second-order valence-electron chi connectivity index (χ2n) is 4.71. The van der Waals surface area contributed by atoms with E-state index in [1.807, 2.05) is 53.1 Å². The molecule has 5 heteroatoms. The molecule has 0 atom stereocenters. The van der Waals surface area contributed by atoms with E-state index in [0.29, 0.717) is 11.4 Å². The standard InChI is InChI=1S/C16H13N3OS/c1-2-6-13-12(9-17)15(20)18-16-19(13)14(10-21-16)11-7-4-3-5-8-11/h3-5,7-8,10H,2,6H2,1H3. The van der Waals surface area contributed by atoms with E-state index in [0.717, 1.165) is 23.4 Å². The van der Waals surface area contributed by atoms with Gasteiger partial charge in [-0.1, -0.05) is 43.7 Å². The molecule has 3 aromatic rings. The number of hydrogen-bond acceptors (Lipinski definition) is 4.